The number of para-hydroxylation sites is 2. The van der Waals surface area contributed by atoms with Gasteiger partial charge in [-0.1, -0.05) is 36.4 Å². The van der Waals surface area contributed by atoms with Gasteiger partial charge in [0.15, 0.2) is 5.58 Å². The van der Waals surface area contributed by atoms with Gasteiger partial charge >= 0.3 is 0 Å². The second kappa shape index (κ2) is 4.61. The predicted octanol–water partition coefficient (Wildman–Crippen LogP) is 4.59. The van der Waals surface area contributed by atoms with Crippen molar-refractivity contribution in [2.24, 2.45) is 0 Å². The Hall–Kier alpha value is -3.27. The van der Waals surface area contributed by atoms with Crippen LogP contribution in [0.2, 0.25) is 0 Å². The third kappa shape index (κ3) is 1.82. The highest BCUT2D eigenvalue weighted by Gasteiger charge is 2.11. The molecule has 0 fully saturated rings. The monoisotopic (exact) mass is 297 g/mol. The smallest absolute Gasteiger partial charge is 0.153 e. The van der Waals surface area contributed by atoms with Crippen molar-refractivity contribution in [3.8, 4) is 11.4 Å². The molecule has 0 unspecified atom stereocenters. The Bertz CT molecular complexity index is 1170. The summed E-state index contributed by atoms with van der Waals surface area (Å²) in [5.41, 5.74) is 4.23. The van der Waals surface area contributed by atoms with Crippen molar-refractivity contribution >= 4 is 32.8 Å². The number of nitrogens with zero attached hydrogens (tertiary/aromatic N) is 3. The van der Waals surface area contributed by atoms with Crippen LogP contribution in [0.4, 0.5) is 0 Å². The molecule has 0 saturated heterocycles. The van der Waals surface area contributed by atoms with E-state index in [1.807, 2.05) is 48.5 Å². The molecule has 0 saturated carbocycles. The van der Waals surface area contributed by atoms with Crippen LogP contribution in [0, 0.1) is 0 Å². The van der Waals surface area contributed by atoms with E-state index in [2.05, 4.69) is 21.0 Å². The molecule has 0 aliphatic rings. The highest BCUT2D eigenvalue weighted by Crippen LogP contribution is 2.31. The molecule has 0 aliphatic carbocycles. The molecule has 5 rings (SSSR count). The Labute approximate surface area is 131 Å². The van der Waals surface area contributed by atoms with Gasteiger partial charge in [0.05, 0.1) is 23.1 Å². The number of benzene rings is 2. The summed E-state index contributed by atoms with van der Waals surface area (Å²) < 4.78 is 5.84. The molecule has 0 amide bonds. The standard InChI is InChI=1S/C19H11N3O/c1-3-7-15-13(6-1)19(22-11-21-15)16-9-14-12-5-2-4-8-17(12)23-18(14)10-20-16/h1-11H. The van der Waals surface area contributed by atoms with E-state index in [4.69, 9.17) is 4.42 Å². The minimum Gasteiger partial charge on any atom is -0.454 e. The molecule has 108 valence electrons. The van der Waals surface area contributed by atoms with Crippen LogP contribution in [-0.4, -0.2) is 15.0 Å². The van der Waals surface area contributed by atoms with Gasteiger partial charge in [0, 0.05) is 16.2 Å². The zero-order valence-electron chi connectivity index (χ0n) is 12.1. The Balaban J connectivity index is 1.84. The molecule has 0 radical (unpaired) electrons. The summed E-state index contributed by atoms with van der Waals surface area (Å²) in [7, 11) is 0. The third-order valence-electron chi connectivity index (χ3n) is 4.05. The quantitative estimate of drug-likeness (QED) is 0.454. The van der Waals surface area contributed by atoms with Crippen molar-refractivity contribution in [2.75, 3.05) is 0 Å². The number of rotatable bonds is 1. The van der Waals surface area contributed by atoms with Gasteiger partial charge in [-0.05, 0) is 18.2 Å². The van der Waals surface area contributed by atoms with E-state index in [1.54, 1.807) is 12.5 Å². The topological polar surface area (TPSA) is 51.8 Å². The zero-order valence-corrected chi connectivity index (χ0v) is 12.1. The fourth-order valence-corrected chi connectivity index (χ4v) is 2.97. The van der Waals surface area contributed by atoms with Gasteiger partial charge in [-0.3, -0.25) is 4.98 Å². The molecule has 0 spiro atoms. The SMILES string of the molecule is c1ccc2c(-c3cc4c(cn3)oc3ccccc34)ncnc2c1. The van der Waals surface area contributed by atoms with Gasteiger partial charge in [-0.25, -0.2) is 9.97 Å². The van der Waals surface area contributed by atoms with Gasteiger partial charge in [0.1, 0.15) is 11.9 Å². The first-order chi connectivity index (χ1) is 11.4. The average molecular weight is 297 g/mol. The predicted molar refractivity (Wildman–Crippen MR) is 90.0 cm³/mol. The van der Waals surface area contributed by atoms with Gasteiger partial charge < -0.3 is 4.42 Å². The summed E-state index contributed by atoms with van der Waals surface area (Å²) in [5, 5.41) is 3.13. The van der Waals surface area contributed by atoms with Crippen LogP contribution in [0.5, 0.6) is 0 Å². The van der Waals surface area contributed by atoms with Crippen molar-refractivity contribution in [1.29, 1.82) is 0 Å². The molecule has 23 heavy (non-hydrogen) atoms. The van der Waals surface area contributed by atoms with Crippen LogP contribution >= 0.6 is 0 Å². The Morgan fingerprint density at radius 1 is 0.696 bits per heavy atom. The second-order valence-corrected chi connectivity index (χ2v) is 5.40. The van der Waals surface area contributed by atoms with Gasteiger partial charge in [0.2, 0.25) is 0 Å². The zero-order chi connectivity index (χ0) is 15.2. The number of pyridine rings is 1. The molecule has 4 heteroatoms. The van der Waals surface area contributed by atoms with Crippen molar-refractivity contribution in [1.82, 2.24) is 15.0 Å². The van der Waals surface area contributed by atoms with Crippen LogP contribution in [0.25, 0.3) is 44.2 Å². The Kier molecular flexibility index (Phi) is 2.46. The van der Waals surface area contributed by atoms with E-state index in [9.17, 15) is 0 Å². The average Bonchev–Trinajstić information content (AvgIpc) is 2.99. The fraction of sp³-hybridized carbons (Fsp3) is 0. The van der Waals surface area contributed by atoms with Gasteiger partial charge in [-0.15, -0.1) is 0 Å². The number of fused-ring (bicyclic) bond motifs is 4. The largest absolute Gasteiger partial charge is 0.454 e. The van der Waals surface area contributed by atoms with E-state index < -0.39 is 0 Å². The van der Waals surface area contributed by atoms with E-state index in [1.165, 1.54) is 0 Å². The summed E-state index contributed by atoms with van der Waals surface area (Å²) >= 11 is 0. The van der Waals surface area contributed by atoms with Crippen molar-refractivity contribution in [3.05, 3.63) is 67.1 Å². The summed E-state index contributed by atoms with van der Waals surface area (Å²) in [6.07, 6.45) is 3.35. The lowest BCUT2D eigenvalue weighted by molar-refractivity contribution is 0.667. The van der Waals surface area contributed by atoms with E-state index >= 15 is 0 Å². The van der Waals surface area contributed by atoms with Gasteiger partial charge in [-0.2, -0.15) is 0 Å². The summed E-state index contributed by atoms with van der Waals surface area (Å²) in [6.45, 7) is 0. The lowest BCUT2D eigenvalue weighted by Crippen LogP contribution is -1.90. The Morgan fingerprint density at radius 2 is 1.52 bits per heavy atom. The van der Waals surface area contributed by atoms with Crippen LogP contribution < -0.4 is 0 Å². The van der Waals surface area contributed by atoms with Crippen molar-refractivity contribution in [3.63, 3.8) is 0 Å². The van der Waals surface area contributed by atoms with Crippen LogP contribution in [0.3, 0.4) is 0 Å². The molecule has 0 atom stereocenters. The fourth-order valence-electron chi connectivity index (χ4n) is 2.97. The maximum atomic E-state index is 5.84. The first-order valence-corrected chi connectivity index (χ1v) is 7.37. The number of furan rings is 1. The molecule has 3 aromatic heterocycles. The lowest BCUT2D eigenvalue weighted by Gasteiger charge is -2.04. The number of hydrogen-bond acceptors (Lipinski definition) is 4. The molecule has 4 nitrogen and oxygen atoms in total. The second-order valence-electron chi connectivity index (χ2n) is 5.40. The minimum absolute atomic E-state index is 0.785. The van der Waals surface area contributed by atoms with Crippen LogP contribution in [0.15, 0.2) is 71.5 Å². The molecular weight excluding hydrogens is 286 g/mol. The molecule has 0 bridgehead atoms. The minimum atomic E-state index is 0.785. The van der Waals surface area contributed by atoms with Crippen LogP contribution in [-0.2, 0) is 0 Å². The molecule has 2 aromatic carbocycles. The number of aromatic nitrogens is 3. The van der Waals surface area contributed by atoms with E-state index in [0.717, 1.165) is 44.2 Å². The molecular formula is C19H11N3O. The van der Waals surface area contributed by atoms with Gasteiger partial charge in [0.25, 0.3) is 0 Å². The molecule has 0 aliphatic heterocycles. The van der Waals surface area contributed by atoms with Crippen molar-refractivity contribution < 1.29 is 4.42 Å². The highest BCUT2D eigenvalue weighted by atomic mass is 16.3. The highest BCUT2D eigenvalue weighted by molar-refractivity contribution is 6.06. The number of hydrogen-bond donors (Lipinski definition) is 0. The molecule has 0 N–H and O–H groups in total. The van der Waals surface area contributed by atoms with E-state index in [-0.39, 0.29) is 0 Å². The normalized spacial score (nSPS) is 11.5. The van der Waals surface area contributed by atoms with E-state index in [0.29, 0.717) is 0 Å². The molecule has 5 aromatic rings. The van der Waals surface area contributed by atoms with Crippen LogP contribution in [0.1, 0.15) is 0 Å². The summed E-state index contributed by atoms with van der Waals surface area (Å²) in [4.78, 5) is 13.3. The first-order valence-electron chi connectivity index (χ1n) is 7.37. The van der Waals surface area contributed by atoms with Crippen molar-refractivity contribution in [2.45, 2.75) is 0 Å². The summed E-state index contributed by atoms with van der Waals surface area (Å²) in [5.74, 6) is 0. The summed E-state index contributed by atoms with van der Waals surface area (Å²) in [6, 6.07) is 18.0. The molecule has 3 heterocycles. The first kappa shape index (κ1) is 12.3. The Morgan fingerprint density at radius 3 is 2.48 bits per heavy atom. The maximum Gasteiger partial charge on any atom is 0.153 e. The third-order valence-corrected chi connectivity index (χ3v) is 4.05. The maximum absolute atomic E-state index is 5.84. The lowest BCUT2D eigenvalue weighted by atomic mass is 10.1.